The van der Waals surface area contributed by atoms with Gasteiger partial charge >= 0.3 is 0 Å². The molecular weight excluding hydrogens is 312 g/mol. The van der Waals surface area contributed by atoms with E-state index in [1.165, 1.54) is 0 Å². The Balaban J connectivity index is 2.10. The standard InChI is InChI=1S/C18H23ClN2O2/c1-3-11-21(12-14-7-5-6-8-16(14)19)18(23)15-9-10-17(22)20(4-2)13-15/h3,5-8,15H,1,4,9-13H2,2H3. The van der Waals surface area contributed by atoms with E-state index in [9.17, 15) is 9.59 Å². The zero-order chi connectivity index (χ0) is 16.8. The molecule has 124 valence electrons. The summed E-state index contributed by atoms with van der Waals surface area (Å²) >= 11 is 6.21. The van der Waals surface area contributed by atoms with Crippen LogP contribution in [0.5, 0.6) is 0 Å². The van der Waals surface area contributed by atoms with Crippen LogP contribution in [0, 0.1) is 5.92 Å². The monoisotopic (exact) mass is 334 g/mol. The second kappa shape index (κ2) is 8.16. The van der Waals surface area contributed by atoms with Gasteiger partial charge in [-0.15, -0.1) is 6.58 Å². The number of benzene rings is 1. The fourth-order valence-corrected chi connectivity index (χ4v) is 3.10. The summed E-state index contributed by atoms with van der Waals surface area (Å²) in [6.07, 6.45) is 2.78. The zero-order valence-electron chi connectivity index (χ0n) is 13.5. The Morgan fingerprint density at radius 3 is 2.87 bits per heavy atom. The highest BCUT2D eigenvalue weighted by Gasteiger charge is 2.31. The summed E-state index contributed by atoms with van der Waals surface area (Å²) in [6, 6.07) is 7.53. The molecule has 0 radical (unpaired) electrons. The second-order valence-electron chi connectivity index (χ2n) is 5.77. The second-order valence-corrected chi connectivity index (χ2v) is 6.17. The number of amides is 2. The first-order valence-electron chi connectivity index (χ1n) is 7.97. The lowest BCUT2D eigenvalue weighted by atomic mass is 9.95. The molecule has 2 rings (SSSR count). The van der Waals surface area contributed by atoms with E-state index < -0.39 is 0 Å². The molecule has 1 fully saturated rings. The number of halogens is 1. The molecule has 0 saturated carbocycles. The van der Waals surface area contributed by atoms with E-state index in [0.717, 1.165) is 5.56 Å². The largest absolute Gasteiger partial charge is 0.342 e. The Hall–Kier alpha value is -1.81. The molecule has 5 heteroatoms. The minimum atomic E-state index is -0.143. The van der Waals surface area contributed by atoms with E-state index in [1.54, 1.807) is 15.9 Å². The Morgan fingerprint density at radius 1 is 1.48 bits per heavy atom. The minimum Gasteiger partial charge on any atom is -0.342 e. The normalized spacial score (nSPS) is 17.9. The zero-order valence-corrected chi connectivity index (χ0v) is 14.3. The predicted octanol–water partition coefficient (Wildman–Crippen LogP) is 3.11. The quantitative estimate of drug-likeness (QED) is 0.750. The molecule has 1 atom stereocenters. The molecule has 1 heterocycles. The van der Waals surface area contributed by atoms with Crippen molar-refractivity contribution in [3.63, 3.8) is 0 Å². The highest BCUT2D eigenvalue weighted by atomic mass is 35.5. The third-order valence-corrected chi connectivity index (χ3v) is 4.58. The Kier molecular flexibility index (Phi) is 6.22. The summed E-state index contributed by atoms with van der Waals surface area (Å²) in [5.41, 5.74) is 0.920. The van der Waals surface area contributed by atoms with Gasteiger partial charge in [0.05, 0.1) is 5.92 Å². The molecule has 1 aromatic rings. The Labute approximate surface area is 142 Å². The van der Waals surface area contributed by atoms with E-state index in [4.69, 9.17) is 11.6 Å². The molecule has 1 aromatic carbocycles. The number of likely N-dealkylation sites (tertiary alicyclic amines) is 1. The average Bonchev–Trinajstić information content (AvgIpc) is 2.56. The molecule has 1 saturated heterocycles. The maximum atomic E-state index is 12.9. The lowest BCUT2D eigenvalue weighted by Gasteiger charge is -2.34. The number of carbonyl (C=O) groups excluding carboxylic acids is 2. The summed E-state index contributed by atoms with van der Waals surface area (Å²) < 4.78 is 0. The van der Waals surface area contributed by atoms with Gasteiger partial charge < -0.3 is 9.80 Å². The molecular formula is C18H23ClN2O2. The number of nitrogens with zero attached hydrogens (tertiary/aromatic N) is 2. The van der Waals surface area contributed by atoms with Gasteiger partial charge in [-0.05, 0) is 25.0 Å². The highest BCUT2D eigenvalue weighted by Crippen LogP contribution is 2.22. The van der Waals surface area contributed by atoms with Gasteiger partial charge in [-0.25, -0.2) is 0 Å². The molecule has 0 aromatic heterocycles. The van der Waals surface area contributed by atoms with Gasteiger partial charge in [-0.1, -0.05) is 35.9 Å². The third kappa shape index (κ3) is 4.35. The van der Waals surface area contributed by atoms with Crippen LogP contribution in [0.4, 0.5) is 0 Å². The van der Waals surface area contributed by atoms with Gasteiger partial charge in [0, 0.05) is 37.6 Å². The molecule has 0 N–H and O–H groups in total. The molecule has 23 heavy (non-hydrogen) atoms. The van der Waals surface area contributed by atoms with Crippen molar-refractivity contribution in [3.8, 4) is 0 Å². The number of rotatable bonds is 6. The third-order valence-electron chi connectivity index (χ3n) is 4.21. The fraction of sp³-hybridized carbons (Fsp3) is 0.444. The molecule has 0 aliphatic carbocycles. The van der Waals surface area contributed by atoms with Crippen molar-refractivity contribution in [2.45, 2.75) is 26.3 Å². The number of hydrogen-bond acceptors (Lipinski definition) is 2. The van der Waals surface area contributed by atoms with Gasteiger partial charge in [0.1, 0.15) is 0 Å². The van der Waals surface area contributed by atoms with E-state index in [-0.39, 0.29) is 17.7 Å². The van der Waals surface area contributed by atoms with Crippen molar-refractivity contribution in [1.29, 1.82) is 0 Å². The van der Waals surface area contributed by atoms with Crippen LogP contribution in [0.2, 0.25) is 5.02 Å². The van der Waals surface area contributed by atoms with Crippen molar-refractivity contribution in [2.75, 3.05) is 19.6 Å². The maximum Gasteiger partial charge on any atom is 0.228 e. The average molecular weight is 335 g/mol. The van der Waals surface area contributed by atoms with E-state index in [2.05, 4.69) is 6.58 Å². The van der Waals surface area contributed by atoms with Gasteiger partial charge in [0.15, 0.2) is 0 Å². The maximum absolute atomic E-state index is 12.9. The Morgan fingerprint density at radius 2 is 2.22 bits per heavy atom. The first-order valence-corrected chi connectivity index (χ1v) is 8.35. The van der Waals surface area contributed by atoms with Crippen molar-refractivity contribution in [1.82, 2.24) is 9.80 Å². The van der Waals surface area contributed by atoms with Crippen LogP contribution in [0.3, 0.4) is 0 Å². The van der Waals surface area contributed by atoms with Crippen LogP contribution in [-0.4, -0.2) is 41.2 Å². The van der Waals surface area contributed by atoms with Crippen LogP contribution >= 0.6 is 11.6 Å². The summed E-state index contributed by atoms with van der Waals surface area (Å²) in [4.78, 5) is 28.2. The van der Waals surface area contributed by atoms with Crippen LogP contribution in [0.25, 0.3) is 0 Å². The smallest absolute Gasteiger partial charge is 0.228 e. The number of hydrogen-bond donors (Lipinski definition) is 0. The summed E-state index contributed by atoms with van der Waals surface area (Å²) in [5.74, 6) is 0.0591. The number of carbonyl (C=O) groups is 2. The fourth-order valence-electron chi connectivity index (χ4n) is 2.90. The molecule has 0 bridgehead atoms. The summed E-state index contributed by atoms with van der Waals surface area (Å²) in [7, 11) is 0. The van der Waals surface area contributed by atoms with E-state index in [0.29, 0.717) is 44.0 Å². The van der Waals surface area contributed by atoms with Crippen LogP contribution < -0.4 is 0 Å². The van der Waals surface area contributed by atoms with E-state index >= 15 is 0 Å². The van der Waals surface area contributed by atoms with Crippen molar-refractivity contribution in [2.24, 2.45) is 5.92 Å². The predicted molar refractivity (Wildman–Crippen MR) is 92.0 cm³/mol. The Bertz CT molecular complexity index is 588. The molecule has 1 aliphatic rings. The van der Waals surface area contributed by atoms with Crippen molar-refractivity contribution in [3.05, 3.63) is 47.5 Å². The highest BCUT2D eigenvalue weighted by molar-refractivity contribution is 6.31. The lowest BCUT2D eigenvalue weighted by Crippen LogP contribution is -2.46. The molecule has 4 nitrogen and oxygen atoms in total. The molecule has 1 unspecified atom stereocenters. The van der Waals surface area contributed by atoms with Crippen molar-refractivity contribution >= 4 is 23.4 Å². The topological polar surface area (TPSA) is 40.6 Å². The molecule has 1 aliphatic heterocycles. The summed E-state index contributed by atoms with van der Waals surface area (Å²) in [6.45, 7) is 7.77. The van der Waals surface area contributed by atoms with Gasteiger partial charge in [0.25, 0.3) is 0 Å². The van der Waals surface area contributed by atoms with Crippen LogP contribution in [-0.2, 0) is 16.1 Å². The molecule has 0 spiro atoms. The van der Waals surface area contributed by atoms with Crippen LogP contribution in [0.1, 0.15) is 25.3 Å². The number of piperidine rings is 1. The minimum absolute atomic E-state index is 0.0655. The van der Waals surface area contributed by atoms with Gasteiger partial charge in [0.2, 0.25) is 11.8 Å². The van der Waals surface area contributed by atoms with Gasteiger partial charge in [-0.2, -0.15) is 0 Å². The first-order chi connectivity index (χ1) is 11.1. The van der Waals surface area contributed by atoms with Gasteiger partial charge in [-0.3, -0.25) is 9.59 Å². The van der Waals surface area contributed by atoms with E-state index in [1.807, 2.05) is 31.2 Å². The first kappa shape index (κ1) is 17.5. The SMILES string of the molecule is C=CCN(Cc1ccccc1Cl)C(=O)C1CCC(=O)N(CC)C1. The summed E-state index contributed by atoms with van der Waals surface area (Å²) in [5, 5.41) is 0.656. The lowest BCUT2D eigenvalue weighted by molar-refractivity contribution is -0.143. The van der Waals surface area contributed by atoms with Crippen LogP contribution in [0.15, 0.2) is 36.9 Å². The molecule has 2 amide bonds. The van der Waals surface area contributed by atoms with Crippen molar-refractivity contribution < 1.29 is 9.59 Å².